The van der Waals surface area contributed by atoms with Gasteiger partial charge in [0.2, 0.25) is 5.88 Å². The third-order valence-corrected chi connectivity index (χ3v) is 6.70. The van der Waals surface area contributed by atoms with Crippen LogP contribution < -0.4 is 4.74 Å². The van der Waals surface area contributed by atoms with Gasteiger partial charge in [0.15, 0.2) is 22.1 Å². The highest BCUT2D eigenvalue weighted by Gasteiger charge is 2.55. The van der Waals surface area contributed by atoms with E-state index >= 15 is 0 Å². The highest BCUT2D eigenvalue weighted by atomic mass is 32.2. The second kappa shape index (κ2) is 8.58. The molecule has 1 saturated heterocycles. The molecule has 10 heteroatoms. The third kappa shape index (κ3) is 4.07. The minimum Gasteiger partial charge on any atom is -0.471 e. The van der Waals surface area contributed by atoms with Crippen molar-refractivity contribution in [3.8, 4) is 5.88 Å². The zero-order chi connectivity index (χ0) is 22.3. The van der Waals surface area contributed by atoms with E-state index in [0.29, 0.717) is 35.2 Å². The van der Waals surface area contributed by atoms with Gasteiger partial charge in [0.25, 0.3) is 0 Å². The lowest BCUT2D eigenvalue weighted by atomic mass is 10.2. The van der Waals surface area contributed by atoms with Crippen LogP contribution in [0.4, 0.5) is 0 Å². The fourth-order valence-corrected chi connectivity index (χ4v) is 4.95. The van der Waals surface area contributed by atoms with Crippen LogP contribution in [0.25, 0.3) is 11.2 Å². The second-order valence-corrected chi connectivity index (χ2v) is 9.64. The van der Waals surface area contributed by atoms with Crippen LogP contribution >= 0.6 is 11.8 Å². The van der Waals surface area contributed by atoms with E-state index in [0.717, 1.165) is 17.7 Å². The topological polar surface area (TPSA) is 104 Å². The Hall–Kier alpha value is -2.27. The fourth-order valence-electron chi connectivity index (χ4n) is 4.26. The SMILES string of the molecule is CCCSc1nc(OCc2ccccc2)c2nnn([C@@H]3C[C@H](O)[C@H]4OC(C)(C)O[C@H]43)c2n1. The second-order valence-electron chi connectivity index (χ2n) is 8.58. The van der Waals surface area contributed by atoms with Crippen molar-refractivity contribution in [2.75, 3.05) is 5.75 Å². The summed E-state index contributed by atoms with van der Waals surface area (Å²) in [5.41, 5.74) is 2.11. The molecule has 5 rings (SSSR count). The van der Waals surface area contributed by atoms with Gasteiger partial charge < -0.3 is 19.3 Å². The van der Waals surface area contributed by atoms with Gasteiger partial charge in [-0.15, -0.1) is 5.10 Å². The number of aliphatic hydroxyl groups is 1. The van der Waals surface area contributed by atoms with Gasteiger partial charge in [-0.25, -0.2) is 9.67 Å². The molecular weight excluding hydrogens is 430 g/mol. The Bertz CT molecular complexity index is 1090. The first-order chi connectivity index (χ1) is 15.4. The molecule has 2 aromatic heterocycles. The first kappa shape index (κ1) is 21.6. The van der Waals surface area contributed by atoms with E-state index in [1.54, 1.807) is 16.4 Å². The molecule has 1 aromatic carbocycles. The van der Waals surface area contributed by atoms with Crippen LogP contribution in [0.2, 0.25) is 0 Å². The lowest BCUT2D eigenvalue weighted by Gasteiger charge is -2.22. The van der Waals surface area contributed by atoms with Crippen molar-refractivity contribution in [1.29, 1.82) is 0 Å². The number of nitrogens with zero attached hydrogens (tertiary/aromatic N) is 5. The number of hydrogen-bond donors (Lipinski definition) is 1. The number of aromatic nitrogens is 5. The molecule has 4 atom stereocenters. The molecule has 1 saturated carbocycles. The lowest BCUT2D eigenvalue weighted by molar-refractivity contribution is -0.165. The average molecular weight is 458 g/mol. The van der Waals surface area contributed by atoms with Gasteiger partial charge in [-0.05, 0) is 25.8 Å². The number of benzene rings is 1. The van der Waals surface area contributed by atoms with Crippen molar-refractivity contribution in [3.63, 3.8) is 0 Å². The Morgan fingerprint density at radius 3 is 2.75 bits per heavy atom. The molecule has 2 aliphatic rings. The molecule has 3 heterocycles. The van der Waals surface area contributed by atoms with Crippen LogP contribution in [0.5, 0.6) is 5.88 Å². The monoisotopic (exact) mass is 457 g/mol. The summed E-state index contributed by atoms with van der Waals surface area (Å²) in [6, 6.07) is 9.67. The minimum atomic E-state index is -0.757. The maximum Gasteiger partial charge on any atom is 0.248 e. The number of fused-ring (bicyclic) bond motifs is 2. The highest BCUT2D eigenvalue weighted by molar-refractivity contribution is 7.99. The minimum absolute atomic E-state index is 0.248. The van der Waals surface area contributed by atoms with Gasteiger partial charge in [-0.2, -0.15) is 4.98 Å². The number of ether oxygens (including phenoxy) is 3. The van der Waals surface area contributed by atoms with Gasteiger partial charge in [0, 0.05) is 12.2 Å². The van der Waals surface area contributed by atoms with Crippen molar-refractivity contribution >= 4 is 22.9 Å². The van der Waals surface area contributed by atoms with Gasteiger partial charge in [0.1, 0.15) is 18.8 Å². The van der Waals surface area contributed by atoms with Crippen LogP contribution in [-0.2, 0) is 16.1 Å². The van der Waals surface area contributed by atoms with E-state index in [4.69, 9.17) is 19.2 Å². The molecule has 0 spiro atoms. The van der Waals surface area contributed by atoms with Gasteiger partial charge >= 0.3 is 0 Å². The van der Waals surface area contributed by atoms with Crippen LogP contribution in [0, 0.1) is 0 Å². The number of thioether (sulfide) groups is 1. The summed E-state index contributed by atoms with van der Waals surface area (Å²) in [7, 11) is 0. The van der Waals surface area contributed by atoms with Crippen molar-refractivity contribution in [1.82, 2.24) is 25.0 Å². The maximum atomic E-state index is 10.6. The molecule has 0 radical (unpaired) electrons. The Balaban J connectivity index is 1.50. The molecule has 0 unspecified atom stereocenters. The van der Waals surface area contributed by atoms with Crippen molar-refractivity contribution in [2.45, 2.75) is 75.5 Å². The molecule has 2 fully saturated rings. The molecule has 0 bridgehead atoms. The predicted molar refractivity (Wildman–Crippen MR) is 118 cm³/mol. The van der Waals surface area contributed by atoms with E-state index in [1.807, 2.05) is 44.2 Å². The molecule has 32 heavy (non-hydrogen) atoms. The van der Waals surface area contributed by atoms with E-state index in [9.17, 15) is 5.11 Å². The smallest absolute Gasteiger partial charge is 0.248 e. The summed E-state index contributed by atoms with van der Waals surface area (Å²) in [4.78, 5) is 9.35. The van der Waals surface area contributed by atoms with Gasteiger partial charge in [-0.3, -0.25) is 0 Å². The molecule has 3 aromatic rings. The van der Waals surface area contributed by atoms with Crippen LogP contribution in [0.15, 0.2) is 35.5 Å². The average Bonchev–Trinajstić information content (AvgIpc) is 3.43. The predicted octanol–water partition coefficient (Wildman–Crippen LogP) is 3.13. The Kier molecular flexibility index (Phi) is 5.79. The summed E-state index contributed by atoms with van der Waals surface area (Å²) >= 11 is 1.57. The highest BCUT2D eigenvalue weighted by Crippen LogP contribution is 2.44. The Morgan fingerprint density at radius 1 is 1.19 bits per heavy atom. The number of hydrogen-bond acceptors (Lipinski definition) is 9. The summed E-state index contributed by atoms with van der Waals surface area (Å²) < 4.78 is 19.8. The van der Waals surface area contributed by atoms with Crippen LogP contribution in [-0.4, -0.2) is 59.9 Å². The largest absolute Gasteiger partial charge is 0.471 e. The fraction of sp³-hybridized carbons (Fsp3) is 0.545. The van der Waals surface area contributed by atoms with E-state index in [1.165, 1.54) is 0 Å². The number of rotatable bonds is 7. The normalized spacial score (nSPS) is 26.5. The van der Waals surface area contributed by atoms with E-state index in [2.05, 4.69) is 22.2 Å². The zero-order valence-corrected chi connectivity index (χ0v) is 19.2. The summed E-state index contributed by atoms with van der Waals surface area (Å²) in [6.45, 7) is 6.19. The molecular formula is C22H27N5O4S. The molecule has 1 aliphatic carbocycles. The van der Waals surface area contributed by atoms with Gasteiger partial charge in [-0.1, -0.05) is 54.2 Å². The van der Waals surface area contributed by atoms with E-state index < -0.39 is 18.0 Å². The molecule has 1 aliphatic heterocycles. The molecule has 0 amide bonds. The van der Waals surface area contributed by atoms with Crippen molar-refractivity contribution in [2.24, 2.45) is 0 Å². The summed E-state index contributed by atoms with van der Waals surface area (Å²) in [6.07, 6.45) is 0.0726. The molecule has 9 nitrogen and oxygen atoms in total. The van der Waals surface area contributed by atoms with E-state index in [-0.39, 0.29) is 12.1 Å². The van der Waals surface area contributed by atoms with Crippen LogP contribution in [0.3, 0.4) is 0 Å². The quantitative estimate of drug-likeness (QED) is 0.423. The maximum absolute atomic E-state index is 10.6. The van der Waals surface area contributed by atoms with Crippen molar-refractivity contribution in [3.05, 3.63) is 35.9 Å². The Morgan fingerprint density at radius 2 is 1.97 bits per heavy atom. The zero-order valence-electron chi connectivity index (χ0n) is 18.3. The lowest BCUT2D eigenvalue weighted by Crippen LogP contribution is -2.29. The number of aliphatic hydroxyl groups excluding tert-OH is 1. The van der Waals surface area contributed by atoms with Crippen LogP contribution in [0.1, 0.15) is 45.2 Å². The Labute approximate surface area is 190 Å². The first-order valence-corrected chi connectivity index (χ1v) is 11.9. The third-order valence-electron chi connectivity index (χ3n) is 5.64. The van der Waals surface area contributed by atoms with Gasteiger partial charge in [0.05, 0.1) is 12.1 Å². The first-order valence-electron chi connectivity index (χ1n) is 10.9. The summed E-state index contributed by atoms with van der Waals surface area (Å²) in [5, 5.41) is 19.9. The summed E-state index contributed by atoms with van der Waals surface area (Å²) in [5.74, 6) is 0.540. The van der Waals surface area contributed by atoms with Crippen molar-refractivity contribution < 1.29 is 19.3 Å². The standard InChI is InChI=1S/C22H27N5O4S/c1-4-10-32-21-23-19-16(20(24-21)29-12-13-8-6-5-7-9-13)25-26-27(19)14-11-15(28)18-17(14)30-22(2,3)31-18/h5-9,14-15,17-18,28H,4,10-12H2,1-3H3/t14-,15+,17+,18-/m1/s1. The molecule has 170 valence electrons. The molecule has 1 N–H and O–H groups in total.